The molecule has 0 bridgehead atoms. The Kier molecular flexibility index (Phi) is 3.10. The lowest BCUT2D eigenvalue weighted by atomic mass is 9.70. The van der Waals surface area contributed by atoms with Crippen molar-refractivity contribution in [3.8, 4) is 0 Å². The van der Waals surface area contributed by atoms with Gasteiger partial charge in [0.1, 0.15) is 5.82 Å². The SMILES string of the molecule is NC(=O)c1ccc(NC2CCNC3(CCC3)C2)nn1. The summed E-state index contributed by atoms with van der Waals surface area (Å²) in [7, 11) is 0. The molecule has 1 aliphatic carbocycles. The molecule has 1 saturated heterocycles. The van der Waals surface area contributed by atoms with Crippen LogP contribution in [0.2, 0.25) is 0 Å². The van der Waals surface area contributed by atoms with E-state index >= 15 is 0 Å². The molecule has 1 atom stereocenters. The van der Waals surface area contributed by atoms with Gasteiger partial charge >= 0.3 is 0 Å². The molecule has 3 rings (SSSR count). The molecule has 1 saturated carbocycles. The van der Waals surface area contributed by atoms with Gasteiger partial charge in [0, 0.05) is 11.6 Å². The average molecular weight is 261 g/mol. The molecule has 102 valence electrons. The smallest absolute Gasteiger partial charge is 0.269 e. The maximum absolute atomic E-state index is 10.9. The first-order valence-corrected chi connectivity index (χ1v) is 6.82. The van der Waals surface area contributed by atoms with E-state index in [9.17, 15) is 4.79 Å². The summed E-state index contributed by atoms with van der Waals surface area (Å²) >= 11 is 0. The van der Waals surface area contributed by atoms with E-state index in [4.69, 9.17) is 5.73 Å². The second-order valence-corrected chi connectivity index (χ2v) is 5.56. The molecule has 0 aromatic carbocycles. The summed E-state index contributed by atoms with van der Waals surface area (Å²) in [5, 5.41) is 14.9. The lowest BCUT2D eigenvalue weighted by Gasteiger charge is -2.48. The molecule has 6 nitrogen and oxygen atoms in total. The average Bonchev–Trinajstić information content (AvgIpc) is 2.38. The van der Waals surface area contributed by atoms with Crippen molar-refractivity contribution in [2.75, 3.05) is 11.9 Å². The highest BCUT2D eigenvalue weighted by molar-refractivity contribution is 5.90. The summed E-state index contributed by atoms with van der Waals surface area (Å²) in [4.78, 5) is 10.9. The minimum atomic E-state index is -0.547. The number of amides is 1. The fraction of sp³-hybridized carbons (Fsp3) is 0.615. The number of piperidine rings is 1. The summed E-state index contributed by atoms with van der Waals surface area (Å²) in [6, 6.07) is 3.80. The quantitative estimate of drug-likeness (QED) is 0.743. The molecule has 2 heterocycles. The van der Waals surface area contributed by atoms with Gasteiger partial charge in [0.2, 0.25) is 0 Å². The van der Waals surface area contributed by atoms with E-state index in [-0.39, 0.29) is 5.69 Å². The Morgan fingerprint density at radius 1 is 1.42 bits per heavy atom. The summed E-state index contributed by atoms with van der Waals surface area (Å²) in [6.07, 6.45) is 6.09. The standard InChI is InChI=1S/C13H19N5O/c14-12(19)10-2-3-11(18-17-10)16-9-4-7-15-13(8-9)5-1-6-13/h2-3,9,15H,1,4-8H2,(H2,14,19)(H,16,18). The van der Waals surface area contributed by atoms with Gasteiger partial charge in [0.05, 0.1) is 0 Å². The molecule has 1 spiro atoms. The molecule has 1 amide bonds. The number of carbonyl (C=O) groups excluding carboxylic acids is 1. The summed E-state index contributed by atoms with van der Waals surface area (Å²) in [5.41, 5.74) is 5.70. The van der Waals surface area contributed by atoms with Crippen LogP contribution < -0.4 is 16.4 Å². The topological polar surface area (TPSA) is 92.9 Å². The second kappa shape index (κ2) is 4.77. The van der Waals surface area contributed by atoms with Crippen LogP contribution in [0.3, 0.4) is 0 Å². The third-order valence-corrected chi connectivity index (χ3v) is 4.21. The monoisotopic (exact) mass is 261 g/mol. The van der Waals surface area contributed by atoms with Gasteiger partial charge in [-0.25, -0.2) is 0 Å². The van der Waals surface area contributed by atoms with E-state index in [0.717, 1.165) is 19.4 Å². The van der Waals surface area contributed by atoms with E-state index in [1.54, 1.807) is 12.1 Å². The van der Waals surface area contributed by atoms with Crippen LogP contribution in [0.5, 0.6) is 0 Å². The fourth-order valence-corrected chi connectivity index (χ4v) is 3.01. The molecule has 1 aromatic heterocycles. The number of carbonyl (C=O) groups is 1. The normalized spacial score (nSPS) is 24.7. The van der Waals surface area contributed by atoms with Crippen LogP contribution in [0.15, 0.2) is 12.1 Å². The van der Waals surface area contributed by atoms with E-state index in [2.05, 4.69) is 20.8 Å². The van der Waals surface area contributed by atoms with Crippen molar-refractivity contribution in [3.05, 3.63) is 17.8 Å². The Morgan fingerprint density at radius 3 is 2.84 bits per heavy atom. The number of hydrogen-bond donors (Lipinski definition) is 3. The molecular weight excluding hydrogens is 242 g/mol. The van der Waals surface area contributed by atoms with Crippen LogP contribution in [-0.4, -0.2) is 34.2 Å². The van der Waals surface area contributed by atoms with Crippen molar-refractivity contribution < 1.29 is 4.79 Å². The van der Waals surface area contributed by atoms with Gasteiger partial charge in [-0.3, -0.25) is 4.79 Å². The van der Waals surface area contributed by atoms with Crippen molar-refractivity contribution in [3.63, 3.8) is 0 Å². The fourth-order valence-electron chi connectivity index (χ4n) is 3.01. The Balaban J connectivity index is 1.62. The van der Waals surface area contributed by atoms with Crippen LogP contribution in [0.25, 0.3) is 0 Å². The van der Waals surface area contributed by atoms with Gasteiger partial charge in [-0.1, -0.05) is 0 Å². The Labute approximate surface area is 112 Å². The van der Waals surface area contributed by atoms with Crippen molar-refractivity contribution in [1.29, 1.82) is 0 Å². The summed E-state index contributed by atoms with van der Waals surface area (Å²) < 4.78 is 0. The minimum absolute atomic E-state index is 0.200. The van der Waals surface area contributed by atoms with Gasteiger partial charge in [0.25, 0.3) is 5.91 Å². The molecule has 19 heavy (non-hydrogen) atoms. The molecule has 0 radical (unpaired) electrons. The Bertz CT molecular complexity index is 468. The molecule has 1 unspecified atom stereocenters. The highest BCUT2D eigenvalue weighted by Gasteiger charge is 2.40. The number of hydrogen-bond acceptors (Lipinski definition) is 5. The lowest BCUT2D eigenvalue weighted by molar-refractivity contribution is 0.0994. The first kappa shape index (κ1) is 12.3. The van der Waals surface area contributed by atoms with Gasteiger partial charge in [-0.2, -0.15) is 0 Å². The highest BCUT2D eigenvalue weighted by Crippen LogP contribution is 2.38. The molecule has 1 aromatic rings. The number of nitrogens with two attached hydrogens (primary N) is 1. The second-order valence-electron chi connectivity index (χ2n) is 5.56. The Hall–Kier alpha value is -1.69. The number of rotatable bonds is 3. The molecule has 4 N–H and O–H groups in total. The zero-order valence-corrected chi connectivity index (χ0v) is 10.9. The number of nitrogens with zero attached hydrogens (tertiary/aromatic N) is 2. The van der Waals surface area contributed by atoms with E-state index < -0.39 is 5.91 Å². The zero-order chi connectivity index (χ0) is 13.3. The summed E-state index contributed by atoms with van der Waals surface area (Å²) in [6.45, 7) is 1.05. The van der Waals surface area contributed by atoms with Gasteiger partial charge in [-0.05, 0) is 50.8 Å². The van der Waals surface area contributed by atoms with Gasteiger partial charge in [-0.15, -0.1) is 10.2 Å². The molecular formula is C13H19N5O. The Morgan fingerprint density at radius 2 is 2.26 bits per heavy atom. The van der Waals surface area contributed by atoms with E-state index in [0.29, 0.717) is 17.4 Å². The van der Waals surface area contributed by atoms with Crippen LogP contribution >= 0.6 is 0 Å². The third-order valence-electron chi connectivity index (χ3n) is 4.21. The number of nitrogens with one attached hydrogen (secondary N) is 2. The van der Waals surface area contributed by atoms with Crippen LogP contribution in [0.1, 0.15) is 42.6 Å². The van der Waals surface area contributed by atoms with E-state index in [1.165, 1.54) is 19.3 Å². The van der Waals surface area contributed by atoms with Crippen LogP contribution in [0.4, 0.5) is 5.82 Å². The van der Waals surface area contributed by atoms with Crippen molar-refractivity contribution in [2.45, 2.75) is 43.7 Å². The number of aromatic nitrogens is 2. The van der Waals surface area contributed by atoms with Gasteiger partial charge < -0.3 is 16.4 Å². The first-order chi connectivity index (χ1) is 9.17. The number of primary amides is 1. The number of anilines is 1. The minimum Gasteiger partial charge on any atom is -0.366 e. The zero-order valence-electron chi connectivity index (χ0n) is 10.9. The molecule has 2 fully saturated rings. The molecule has 1 aliphatic heterocycles. The lowest BCUT2D eigenvalue weighted by Crippen LogP contribution is -2.58. The maximum Gasteiger partial charge on any atom is 0.269 e. The third kappa shape index (κ3) is 2.53. The first-order valence-electron chi connectivity index (χ1n) is 6.82. The molecule has 2 aliphatic rings. The summed E-state index contributed by atoms with van der Waals surface area (Å²) in [5.74, 6) is 0.167. The van der Waals surface area contributed by atoms with Crippen LogP contribution in [-0.2, 0) is 0 Å². The van der Waals surface area contributed by atoms with Crippen LogP contribution in [0, 0.1) is 0 Å². The van der Waals surface area contributed by atoms with Crippen molar-refractivity contribution in [1.82, 2.24) is 15.5 Å². The highest BCUT2D eigenvalue weighted by atomic mass is 16.1. The van der Waals surface area contributed by atoms with Crippen molar-refractivity contribution >= 4 is 11.7 Å². The predicted molar refractivity (Wildman–Crippen MR) is 71.8 cm³/mol. The maximum atomic E-state index is 10.9. The molecule has 6 heteroatoms. The van der Waals surface area contributed by atoms with Crippen molar-refractivity contribution in [2.24, 2.45) is 5.73 Å². The van der Waals surface area contributed by atoms with Gasteiger partial charge in [0.15, 0.2) is 5.69 Å². The van der Waals surface area contributed by atoms with E-state index in [1.807, 2.05) is 0 Å². The predicted octanol–water partition coefficient (Wildman–Crippen LogP) is 0.662. The largest absolute Gasteiger partial charge is 0.366 e.